The zero-order chi connectivity index (χ0) is 18.6. The first-order chi connectivity index (χ1) is 13.2. The maximum Gasteiger partial charge on any atom is 0.120 e. The number of aromatic hydroxyl groups is 1. The van der Waals surface area contributed by atoms with Gasteiger partial charge in [-0.25, -0.2) is 0 Å². The van der Waals surface area contributed by atoms with Crippen LogP contribution in [0.15, 0.2) is 60.7 Å². The number of phenolic OH excluding ortho intramolecular Hbond substituents is 1. The molecule has 27 heavy (non-hydrogen) atoms. The van der Waals surface area contributed by atoms with Crippen molar-refractivity contribution in [3.8, 4) is 11.5 Å². The van der Waals surface area contributed by atoms with Crippen molar-refractivity contribution in [3.05, 3.63) is 71.8 Å². The molecule has 0 bridgehead atoms. The minimum atomic E-state index is -0.568. The normalized spacial score (nSPS) is 17.4. The van der Waals surface area contributed by atoms with E-state index in [1.165, 1.54) is 16.5 Å². The summed E-state index contributed by atoms with van der Waals surface area (Å²) in [6.07, 6.45) is 2.34. The van der Waals surface area contributed by atoms with Crippen LogP contribution in [0.4, 0.5) is 0 Å². The van der Waals surface area contributed by atoms with E-state index in [0.717, 1.165) is 30.4 Å². The molecule has 2 unspecified atom stereocenters. The van der Waals surface area contributed by atoms with Crippen LogP contribution in [0.2, 0.25) is 0 Å². The maximum absolute atomic E-state index is 10.3. The van der Waals surface area contributed by atoms with E-state index in [9.17, 15) is 10.2 Å². The third kappa shape index (κ3) is 4.41. The summed E-state index contributed by atoms with van der Waals surface area (Å²) in [5.41, 5.74) is 2.51. The van der Waals surface area contributed by atoms with Gasteiger partial charge in [-0.1, -0.05) is 36.4 Å². The molecule has 1 aliphatic rings. The highest BCUT2D eigenvalue weighted by Gasteiger charge is 2.19. The summed E-state index contributed by atoms with van der Waals surface area (Å²) in [4.78, 5) is 0. The van der Waals surface area contributed by atoms with Gasteiger partial charge in [-0.2, -0.15) is 0 Å². The van der Waals surface area contributed by atoms with Crippen LogP contribution in [0.3, 0.4) is 0 Å². The van der Waals surface area contributed by atoms with E-state index >= 15 is 0 Å². The van der Waals surface area contributed by atoms with E-state index in [4.69, 9.17) is 4.74 Å². The van der Waals surface area contributed by atoms with Crippen molar-refractivity contribution >= 4 is 10.8 Å². The van der Waals surface area contributed by atoms with Crippen LogP contribution >= 0.6 is 0 Å². The number of rotatable bonds is 6. The van der Waals surface area contributed by atoms with Crippen molar-refractivity contribution in [2.45, 2.75) is 31.4 Å². The Morgan fingerprint density at radius 3 is 2.74 bits per heavy atom. The molecule has 0 heterocycles. The maximum atomic E-state index is 10.3. The molecular formula is C23H25NO3. The fourth-order valence-corrected chi connectivity index (χ4v) is 3.73. The summed E-state index contributed by atoms with van der Waals surface area (Å²) >= 11 is 0. The number of nitrogens with one attached hydrogen (secondary N) is 1. The quantitative estimate of drug-likeness (QED) is 0.628. The van der Waals surface area contributed by atoms with Gasteiger partial charge >= 0.3 is 0 Å². The molecule has 1 aliphatic carbocycles. The standard InChI is InChI=1S/C23H25NO3/c25-21-9-6-17-5-8-20(11-19(17)12-21)24-14-22(26)15-27-23-10-7-16-3-1-2-4-18(16)13-23/h1-4,6-7,9-10,12-13,20,22,24-26H,5,8,11,14-15H2. The highest BCUT2D eigenvalue weighted by molar-refractivity contribution is 5.83. The van der Waals surface area contributed by atoms with E-state index in [1.54, 1.807) is 6.07 Å². The van der Waals surface area contributed by atoms with E-state index < -0.39 is 6.10 Å². The fourth-order valence-electron chi connectivity index (χ4n) is 3.73. The van der Waals surface area contributed by atoms with Crippen molar-refractivity contribution in [1.82, 2.24) is 5.32 Å². The molecule has 4 rings (SSSR count). The van der Waals surface area contributed by atoms with Crippen LogP contribution in [-0.2, 0) is 12.8 Å². The second-order valence-electron chi connectivity index (χ2n) is 7.27. The van der Waals surface area contributed by atoms with Crippen LogP contribution < -0.4 is 10.1 Å². The Labute approximate surface area is 159 Å². The second kappa shape index (κ2) is 7.99. The Morgan fingerprint density at radius 2 is 1.85 bits per heavy atom. The average molecular weight is 363 g/mol. The molecule has 3 aromatic rings. The summed E-state index contributed by atoms with van der Waals surface area (Å²) in [7, 11) is 0. The van der Waals surface area contributed by atoms with Crippen molar-refractivity contribution in [2.24, 2.45) is 0 Å². The molecule has 140 valence electrons. The number of aryl methyl sites for hydroxylation is 1. The lowest BCUT2D eigenvalue weighted by Crippen LogP contribution is -2.40. The topological polar surface area (TPSA) is 61.7 Å². The van der Waals surface area contributed by atoms with Crippen LogP contribution in [0, 0.1) is 0 Å². The Bertz CT molecular complexity index is 924. The molecule has 0 saturated carbocycles. The number of hydrogen-bond acceptors (Lipinski definition) is 4. The average Bonchev–Trinajstić information content (AvgIpc) is 2.70. The van der Waals surface area contributed by atoms with E-state index in [1.807, 2.05) is 42.5 Å². The van der Waals surface area contributed by atoms with Gasteiger partial charge in [0.15, 0.2) is 0 Å². The zero-order valence-corrected chi connectivity index (χ0v) is 15.3. The van der Waals surface area contributed by atoms with Gasteiger partial charge in [0.1, 0.15) is 24.2 Å². The van der Waals surface area contributed by atoms with Crippen molar-refractivity contribution in [3.63, 3.8) is 0 Å². The van der Waals surface area contributed by atoms with Gasteiger partial charge in [0, 0.05) is 12.6 Å². The number of aliphatic hydroxyl groups excluding tert-OH is 1. The number of ether oxygens (including phenoxy) is 1. The number of fused-ring (bicyclic) bond motifs is 2. The Kier molecular flexibility index (Phi) is 5.28. The van der Waals surface area contributed by atoms with Gasteiger partial charge in [0.25, 0.3) is 0 Å². The monoisotopic (exact) mass is 363 g/mol. The lowest BCUT2D eigenvalue weighted by Gasteiger charge is -2.26. The summed E-state index contributed by atoms with van der Waals surface area (Å²) in [6.45, 7) is 0.752. The lowest BCUT2D eigenvalue weighted by molar-refractivity contribution is 0.103. The Morgan fingerprint density at radius 1 is 1.00 bits per heavy atom. The highest BCUT2D eigenvalue weighted by Crippen LogP contribution is 2.25. The van der Waals surface area contributed by atoms with Gasteiger partial charge in [-0.05, 0) is 65.4 Å². The van der Waals surface area contributed by atoms with Crippen LogP contribution in [-0.4, -0.2) is 35.5 Å². The molecule has 0 spiro atoms. The summed E-state index contributed by atoms with van der Waals surface area (Å²) in [5, 5.41) is 25.7. The predicted molar refractivity (Wildman–Crippen MR) is 107 cm³/mol. The Balaban J connectivity index is 1.26. The van der Waals surface area contributed by atoms with E-state index in [-0.39, 0.29) is 6.61 Å². The number of phenols is 1. The number of hydrogen-bond donors (Lipinski definition) is 3. The fraction of sp³-hybridized carbons (Fsp3) is 0.304. The van der Waals surface area contributed by atoms with Crippen LogP contribution in [0.25, 0.3) is 10.8 Å². The van der Waals surface area contributed by atoms with Crippen LogP contribution in [0.1, 0.15) is 17.5 Å². The number of aliphatic hydroxyl groups is 1. The molecular weight excluding hydrogens is 338 g/mol. The number of benzene rings is 3. The minimum absolute atomic E-state index is 0.259. The molecule has 3 aromatic carbocycles. The summed E-state index contributed by atoms with van der Waals surface area (Å²) < 4.78 is 5.76. The largest absolute Gasteiger partial charge is 0.508 e. The van der Waals surface area contributed by atoms with E-state index in [2.05, 4.69) is 17.4 Å². The zero-order valence-electron chi connectivity index (χ0n) is 15.3. The molecule has 4 heteroatoms. The third-order valence-electron chi connectivity index (χ3n) is 5.22. The van der Waals surface area contributed by atoms with Crippen LogP contribution in [0.5, 0.6) is 11.5 Å². The molecule has 2 atom stereocenters. The first-order valence-corrected chi connectivity index (χ1v) is 9.51. The highest BCUT2D eigenvalue weighted by atomic mass is 16.5. The Hall–Kier alpha value is -2.56. The molecule has 3 N–H and O–H groups in total. The lowest BCUT2D eigenvalue weighted by atomic mass is 9.88. The molecule has 0 amide bonds. The van der Waals surface area contributed by atoms with Gasteiger partial charge in [-0.15, -0.1) is 0 Å². The first-order valence-electron chi connectivity index (χ1n) is 9.51. The van der Waals surface area contributed by atoms with Crippen molar-refractivity contribution in [1.29, 1.82) is 0 Å². The third-order valence-corrected chi connectivity index (χ3v) is 5.22. The second-order valence-corrected chi connectivity index (χ2v) is 7.27. The van der Waals surface area contributed by atoms with Gasteiger partial charge in [-0.3, -0.25) is 0 Å². The van der Waals surface area contributed by atoms with Crippen molar-refractivity contribution in [2.75, 3.05) is 13.2 Å². The molecule has 0 radical (unpaired) electrons. The molecule has 4 nitrogen and oxygen atoms in total. The van der Waals surface area contributed by atoms with Crippen molar-refractivity contribution < 1.29 is 14.9 Å². The summed E-state index contributed by atoms with van der Waals surface area (Å²) in [5.74, 6) is 1.09. The van der Waals surface area contributed by atoms with Gasteiger partial charge < -0.3 is 20.3 Å². The SMILES string of the molecule is Oc1ccc2c(c1)CC(NCC(O)COc1ccc3ccccc3c1)CC2. The first kappa shape index (κ1) is 17.8. The molecule has 0 fully saturated rings. The van der Waals surface area contributed by atoms with Gasteiger partial charge in [0.2, 0.25) is 0 Å². The molecule has 0 aromatic heterocycles. The minimum Gasteiger partial charge on any atom is -0.508 e. The predicted octanol–water partition coefficient (Wildman–Crippen LogP) is 3.43. The molecule has 0 aliphatic heterocycles. The smallest absolute Gasteiger partial charge is 0.120 e. The summed E-state index contributed by atoms with van der Waals surface area (Å²) in [6, 6.07) is 20.0. The molecule has 0 saturated heterocycles. The van der Waals surface area contributed by atoms with E-state index in [0.29, 0.717) is 18.3 Å². The van der Waals surface area contributed by atoms with Gasteiger partial charge in [0.05, 0.1) is 0 Å².